The molecule has 1 atom stereocenters. The highest BCUT2D eigenvalue weighted by atomic mass is 32.1. The van der Waals surface area contributed by atoms with Gasteiger partial charge in [-0.05, 0) is 45.0 Å². The minimum atomic E-state index is -0.501. The van der Waals surface area contributed by atoms with Crippen LogP contribution in [0.5, 0.6) is 0 Å². The van der Waals surface area contributed by atoms with Crippen LogP contribution in [0.3, 0.4) is 0 Å². The fourth-order valence-electron chi connectivity index (χ4n) is 2.24. The van der Waals surface area contributed by atoms with Gasteiger partial charge in [-0.15, -0.1) is 11.3 Å². The lowest BCUT2D eigenvalue weighted by Crippen LogP contribution is -2.38. The third-order valence-corrected chi connectivity index (χ3v) is 4.45. The van der Waals surface area contributed by atoms with Crippen LogP contribution in [0.1, 0.15) is 29.4 Å². The molecule has 2 aromatic rings. The second kappa shape index (κ2) is 8.48. The van der Waals surface area contributed by atoms with E-state index in [9.17, 15) is 5.11 Å². The van der Waals surface area contributed by atoms with Gasteiger partial charge in [0, 0.05) is 28.9 Å². The first-order chi connectivity index (χ1) is 10.5. The minimum absolute atomic E-state index is 0.313. The van der Waals surface area contributed by atoms with Crippen molar-refractivity contribution in [1.29, 1.82) is 0 Å². The van der Waals surface area contributed by atoms with E-state index in [0.717, 1.165) is 12.3 Å². The molecule has 0 amide bonds. The summed E-state index contributed by atoms with van der Waals surface area (Å²) in [5, 5.41) is 10.2. The fraction of sp³-hybridized carbons (Fsp3) is 0.529. The summed E-state index contributed by atoms with van der Waals surface area (Å²) in [6, 6.07) is 8.38. The number of thiophene rings is 1. The normalized spacial score (nSPS) is 13.2. The van der Waals surface area contributed by atoms with Crippen molar-refractivity contribution in [3.05, 3.63) is 46.0 Å². The molecule has 2 rings (SSSR count). The Hall–Kier alpha value is -1.14. The Morgan fingerprint density at radius 3 is 2.73 bits per heavy atom. The van der Waals surface area contributed by atoms with Crippen LogP contribution in [0, 0.1) is 6.92 Å². The average molecular weight is 323 g/mol. The number of hydrogen-bond donors (Lipinski definition) is 1. The summed E-state index contributed by atoms with van der Waals surface area (Å²) < 4.78 is 10.7. The van der Waals surface area contributed by atoms with E-state index in [0.29, 0.717) is 25.8 Å². The molecule has 0 aromatic carbocycles. The number of aliphatic hydroxyl groups is 1. The van der Waals surface area contributed by atoms with Gasteiger partial charge in [0.05, 0.1) is 19.0 Å². The first kappa shape index (κ1) is 17.2. The van der Waals surface area contributed by atoms with E-state index in [1.54, 1.807) is 6.26 Å². The van der Waals surface area contributed by atoms with Gasteiger partial charge in [-0.25, -0.2) is 0 Å². The Balaban J connectivity index is 1.77. The molecular weight excluding hydrogens is 298 g/mol. The molecule has 0 aliphatic carbocycles. The highest BCUT2D eigenvalue weighted by molar-refractivity contribution is 7.11. The van der Waals surface area contributed by atoms with E-state index >= 15 is 0 Å². The Morgan fingerprint density at radius 1 is 1.32 bits per heavy atom. The zero-order valence-corrected chi connectivity index (χ0v) is 14.3. The van der Waals surface area contributed by atoms with Crippen LogP contribution in [0.2, 0.25) is 0 Å². The fourth-order valence-corrected chi connectivity index (χ4v) is 3.16. The van der Waals surface area contributed by atoms with Crippen molar-refractivity contribution in [2.45, 2.75) is 46.1 Å². The Labute approximate surface area is 136 Å². The van der Waals surface area contributed by atoms with E-state index in [2.05, 4.69) is 37.8 Å². The van der Waals surface area contributed by atoms with Crippen molar-refractivity contribution >= 4 is 11.3 Å². The van der Waals surface area contributed by atoms with Gasteiger partial charge in [0.15, 0.2) is 0 Å². The van der Waals surface area contributed by atoms with E-state index < -0.39 is 6.10 Å². The van der Waals surface area contributed by atoms with Crippen LogP contribution < -0.4 is 0 Å². The molecule has 0 saturated carbocycles. The summed E-state index contributed by atoms with van der Waals surface area (Å²) in [5.74, 6) is 0.780. The highest BCUT2D eigenvalue weighted by Crippen LogP contribution is 2.18. The zero-order valence-electron chi connectivity index (χ0n) is 13.5. The Kier molecular flexibility index (Phi) is 6.64. The standard InChI is InChI=1S/C17H25NO3S/c1-13(2)18(10-17-7-6-14(3)22-17)9-15(19)11-20-12-16-5-4-8-21-16/h4-8,13,15,19H,9-12H2,1-3H3. The van der Waals surface area contributed by atoms with Crippen molar-refractivity contribution in [3.63, 3.8) is 0 Å². The van der Waals surface area contributed by atoms with Gasteiger partial charge in [-0.2, -0.15) is 0 Å². The molecule has 5 heteroatoms. The first-order valence-electron chi connectivity index (χ1n) is 7.62. The molecule has 0 bridgehead atoms. The molecule has 0 aliphatic heterocycles. The summed E-state index contributed by atoms with van der Waals surface area (Å²) >= 11 is 1.81. The largest absolute Gasteiger partial charge is 0.467 e. The topological polar surface area (TPSA) is 45.8 Å². The summed E-state index contributed by atoms with van der Waals surface area (Å²) in [6.07, 6.45) is 1.12. The van der Waals surface area contributed by atoms with Crippen LogP contribution in [0.15, 0.2) is 34.9 Å². The van der Waals surface area contributed by atoms with E-state index in [1.165, 1.54) is 9.75 Å². The number of hydrogen-bond acceptors (Lipinski definition) is 5. The number of aliphatic hydroxyl groups excluding tert-OH is 1. The predicted molar refractivity (Wildman–Crippen MR) is 89.0 cm³/mol. The minimum Gasteiger partial charge on any atom is -0.467 e. The summed E-state index contributed by atoms with van der Waals surface area (Å²) in [7, 11) is 0. The maximum atomic E-state index is 10.2. The molecule has 0 aliphatic rings. The molecular formula is C17H25NO3S. The molecule has 0 spiro atoms. The molecule has 2 heterocycles. The van der Waals surface area contributed by atoms with Gasteiger partial charge in [-0.1, -0.05) is 0 Å². The average Bonchev–Trinajstić information content (AvgIpc) is 3.10. The Bertz CT molecular complexity index is 536. The maximum absolute atomic E-state index is 10.2. The van der Waals surface area contributed by atoms with Gasteiger partial charge in [0.1, 0.15) is 12.4 Å². The van der Waals surface area contributed by atoms with Gasteiger partial charge < -0.3 is 14.3 Å². The van der Waals surface area contributed by atoms with Gasteiger partial charge in [0.2, 0.25) is 0 Å². The van der Waals surface area contributed by atoms with Gasteiger partial charge in [0.25, 0.3) is 0 Å². The number of furan rings is 1. The number of aryl methyl sites for hydroxylation is 1. The van der Waals surface area contributed by atoms with Crippen LogP contribution in [0.4, 0.5) is 0 Å². The van der Waals surface area contributed by atoms with Crippen molar-refractivity contribution in [1.82, 2.24) is 4.90 Å². The molecule has 2 aromatic heterocycles. The lowest BCUT2D eigenvalue weighted by molar-refractivity contribution is -0.000979. The highest BCUT2D eigenvalue weighted by Gasteiger charge is 2.16. The molecule has 1 N–H and O–H groups in total. The number of nitrogens with zero attached hydrogens (tertiary/aromatic N) is 1. The molecule has 0 radical (unpaired) electrons. The predicted octanol–water partition coefficient (Wildman–Crippen LogP) is 3.44. The third kappa shape index (κ3) is 5.57. The third-order valence-electron chi connectivity index (χ3n) is 3.47. The molecule has 4 nitrogen and oxygen atoms in total. The van der Waals surface area contributed by atoms with E-state index in [-0.39, 0.29) is 0 Å². The second-order valence-electron chi connectivity index (χ2n) is 5.78. The smallest absolute Gasteiger partial charge is 0.129 e. The van der Waals surface area contributed by atoms with Crippen LogP contribution in [-0.4, -0.2) is 35.3 Å². The monoisotopic (exact) mass is 323 g/mol. The Morgan fingerprint density at radius 2 is 2.14 bits per heavy atom. The summed E-state index contributed by atoms with van der Waals surface area (Å²) in [4.78, 5) is 4.92. The number of ether oxygens (including phenoxy) is 1. The SMILES string of the molecule is Cc1ccc(CN(CC(O)COCc2ccco2)C(C)C)s1. The quantitative estimate of drug-likeness (QED) is 0.768. The van der Waals surface area contributed by atoms with Gasteiger partial charge in [-0.3, -0.25) is 4.90 Å². The van der Waals surface area contributed by atoms with Crippen molar-refractivity contribution in [2.75, 3.05) is 13.2 Å². The lowest BCUT2D eigenvalue weighted by atomic mass is 10.2. The van der Waals surface area contributed by atoms with Gasteiger partial charge >= 0.3 is 0 Å². The molecule has 0 fully saturated rings. The van der Waals surface area contributed by atoms with E-state index in [4.69, 9.17) is 9.15 Å². The van der Waals surface area contributed by atoms with Crippen molar-refractivity contribution in [2.24, 2.45) is 0 Å². The molecule has 122 valence electrons. The van der Waals surface area contributed by atoms with Crippen molar-refractivity contribution in [3.8, 4) is 0 Å². The number of rotatable bonds is 9. The molecule has 1 unspecified atom stereocenters. The molecule has 0 saturated heterocycles. The lowest BCUT2D eigenvalue weighted by Gasteiger charge is -2.28. The molecule has 22 heavy (non-hydrogen) atoms. The zero-order chi connectivity index (χ0) is 15.9. The second-order valence-corrected chi connectivity index (χ2v) is 7.16. The summed E-state index contributed by atoms with van der Waals surface area (Å²) in [5.41, 5.74) is 0. The van der Waals surface area contributed by atoms with E-state index in [1.807, 2.05) is 23.5 Å². The van der Waals surface area contributed by atoms with Crippen molar-refractivity contribution < 1.29 is 14.3 Å². The first-order valence-corrected chi connectivity index (χ1v) is 8.44. The van der Waals surface area contributed by atoms with Crippen LogP contribution in [-0.2, 0) is 17.9 Å². The van der Waals surface area contributed by atoms with Crippen LogP contribution in [0.25, 0.3) is 0 Å². The van der Waals surface area contributed by atoms with Crippen LogP contribution >= 0.6 is 11.3 Å². The summed E-state index contributed by atoms with van der Waals surface area (Å²) in [6.45, 7) is 8.60. The maximum Gasteiger partial charge on any atom is 0.129 e.